The fourth-order valence-electron chi connectivity index (χ4n) is 5.10. The molecule has 11 nitrogen and oxygen atoms in total. The van der Waals surface area contributed by atoms with Crippen molar-refractivity contribution in [3.05, 3.63) is 110 Å². The summed E-state index contributed by atoms with van der Waals surface area (Å²) in [5, 5.41) is 22.6. The van der Waals surface area contributed by atoms with Crippen LogP contribution in [0.15, 0.2) is 93.6 Å². The minimum absolute atomic E-state index is 0.167. The summed E-state index contributed by atoms with van der Waals surface area (Å²) in [7, 11) is 1.27. The number of halogens is 2. The molecule has 48 heavy (non-hydrogen) atoms. The number of hydrazone groups is 1. The van der Waals surface area contributed by atoms with Crippen LogP contribution >= 0.6 is 27.5 Å². The number of hydrogen-bond acceptors (Lipinski definition) is 9. The first-order valence-electron chi connectivity index (χ1n) is 15.0. The van der Waals surface area contributed by atoms with Crippen LogP contribution in [0.4, 0.5) is 4.79 Å². The van der Waals surface area contributed by atoms with Gasteiger partial charge in [-0.15, -0.1) is 0 Å². The van der Waals surface area contributed by atoms with Gasteiger partial charge in [0.15, 0.2) is 23.5 Å². The van der Waals surface area contributed by atoms with Crippen LogP contribution in [-0.4, -0.2) is 49.9 Å². The number of aliphatic hydroxyl groups is 1. The molecule has 4 aromatic carbocycles. The lowest BCUT2D eigenvalue weighted by Gasteiger charge is -2.28. The smallest absolute Gasteiger partial charge is 0.337 e. The zero-order valence-electron chi connectivity index (χ0n) is 26.4. The normalized spacial score (nSPS) is 15.1. The Labute approximate surface area is 291 Å². The van der Waals surface area contributed by atoms with E-state index < -0.39 is 24.3 Å². The lowest BCUT2D eigenvalue weighted by molar-refractivity contribution is -0.136. The Bertz CT molecular complexity index is 1860. The van der Waals surface area contributed by atoms with Crippen LogP contribution in [0.2, 0.25) is 5.02 Å². The lowest BCUT2D eigenvalue weighted by atomic mass is 9.95. The van der Waals surface area contributed by atoms with Crippen molar-refractivity contribution in [3.63, 3.8) is 0 Å². The van der Waals surface area contributed by atoms with E-state index in [-0.39, 0.29) is 12.2 Å². The maximum Gasteiger partial charge on any atom is 0.337 e. The van der Waals surface area contributed by atoms with E-state index in [9.17, 15) is 14.7 Å². The molecule has 2 amide bonds. The Morgan fingerprint density at radius 2 is 1.85 bits per heavy atom. The number of urea groups is 1. The van der Waals surface area contributed by atoms with E-state index in [1.807, 2.05) is 25.1 Å². The number of ether oxygens (including phenoxy) is 4. The molecule has 250 valence electrons. The standard InChI is InChI=1S/C35H34BrClN4O7/c1-4-46-29-16-25(32-31(34(43)45-3)20(2)39-35(44)40-32)11-12-28(29)47-19-30(42)41-38-17-22-14-26(36)33(27(37)15-22)48-18-21-9-10-23-7-5-6-8-24(23)13-21/h5-17,30,32,41-42H,4,18-19H2,1-3H3,(H2,39,40,44)/b38-17-/t30-,32-/m1/s1. The molecule has 1 heterocycles. The molecule has 1 aliphatic heterocycles. The highest BCUT2D eigenvalue weighted by Crippen LogP contribution is 2.36. The van der Waals surface area contributed by atoms with Crippen molar-refractivity contribution >= 4 is 56.5 Å². The first kappa shape index (κ1) is 34.6. The third kappa shape index (κ3) is 8.38. The van der Waals surface area contributed by atoms with Crippen molar-refractivity contribution in [2.24, 2.45) is 5.10 Å². The number of allylic oxidation sites excluding steroid dienone is 1. The van der Waals surface area contributed by atoms with Gasteiger partial charge in [-0.05, 0) is 87.6 Å². The number of aliphatic hydroxyl groups excluding tert-OH is 1. The van der Waals surface area contributed by atoms with E-state index in [0.717, 1.165) is 16.3 Å². The van der Waals surface area contributed by atoms with E-state index in [2.05, 4.69) is 61.4 Å². The highest BCUT2D eigenvalue weighted by molar-refractivity contribution is 9.10. The molecule has 4 aromatic rings. The Hall–Kier alpha value is -4.78. The van der Waals surface area contributed by atoms with Crippen molar-refractivity contribution < 1.29 is 33.6 Å². The van der Waals surface area contributed by atoms with Crippen molar-refractivity contribution in [3.8, 4) is 17.2 Å². The molecule has 4 N–H and O–H groups in total. The second-order valence-corrected chi connectivity index (χ2v) is 12.0. The molecule has 5 rings (SSSR count). The number of nitrogens with one attached hydrogen (secondary N) is 3. The largest absolute Gasteiger partial charge is 0.490 e. The SMILES string of the molecule is CCOc1cc([C@H]2NC(=O)NC(C)=C2C(=O)OC)ccc1OC[C@@H](O)N/N=C\c1cc(Cl)c(OCc2ccc3ccccc3c2)c(Br)c1. The summed E-state index contributed by atoms with van der Waals surface area (Å²) in [4.78, 5) is 24.6. The quantitative estimate of drug-likeness (QED) is 0.0539. The van der Waals surface area contributed by atoms with Crippen LogP contribution in [-0.2, 0) is 16.1 Å². The summed E-state index contributed by atoms with van der Waals surface area (Å²) in [6, 6.07) is 21.6. The fourth-order valence-corrected chi connectivity index (χ4v) is 6.08. The first-order chi connectivity index (χ1) is 23.2. The molecule has 13 heteroatoms. The molecule has 0 spiro atoms. The third-order valence-corrected chi connectivity index (χ3v) is 8.20. The summed E-state index contributed by atoms with van der Waals surface area (Å²) in [6.45, 7) is 3.94. The van der Waals surface area contributed by atoms with Gasteiger partial charge in [0.25, 0.3) is 0 Å². The topological polar surface area (TPSA) is 140 Å². The van der Waals surface area contributed by atoms with E-state index >= 15 is 0 Å². The van der Waals surface area contributed by atoms with Crippen molar-refractivity contribution in [2.45, 2.75) is 32.7 Å². The Morgan fingerprint density at radius 1 is 1.06 bits per heavy atom. The number of carbonyl (C=O) groups is 2. The van der Waals surface area contributed by atoms with Gasteiger partial charge in [-0.3, -0.25) is 5.43 Å². The number of methoxy groups -OCH3 is 1. The number of rotatable bonds is 13. The van der Waals surface area contributed by atoms with Gasteiger partial charge in [-0.25, -0.2) is 9.59 Å². The second-order valence-electron chi connectivity index (χ2n) is 10.7. The number of hydrogen-bond donors (Lipinski definition) is 4. The second kappa shape index (κ2) is 15.9. The van der Waals surface area contributed by atoms with Crippen LogP contribution in [0.5, 0.6) is 17.2 Å². The molecule has 0 saturated carbocycles. The summed E-state index contributed by atoms with van der Waals surface area (Å²) in [5.74, 6) is 0.646. The molecule has 0 radical (unpaired) electrons. The molecule has 0 fully saturated rings. The van der Waals surface area contributed by atoms with E-state index in [4.69, 9.17) is 30.5 Å². The van der Waals surface area contributed by atoms with Crippen molar-refractivity contribution in [1.29, 1.82) is 0 Å². The minimum atomic E-state index is -1.17. The number of benzene rings is 4. The zero-order valence-corrected chi connectivity index (χ0v) is 28.7. The zero-order chi connectivity index (χ0) is 34.2. The molecule has 0 unspecified atom stereocenters. The van der Waals surface area contributed by atoms with Gasteiger partial charge < -0.3 is 34.7 Å². The predicted molar refractivity (Wildman–Crippen MR) is 186 cm³/mol. The molecule has 0 aromatic heterocycles. The van der Waals surface area contributed by atoms with Crippen molar-refractivity contribution in [1.82, 2.24) is 16.1 Å². The van der Waals surface area contributed by atoms with E-state index in [0.29, 0.717) is 56.8 Å². The van der Waals surface area contributed by atoms with Crippen LogP contribution < -0.4 is 30.3 Å². The Kier molecular flexibility index (Phi) is 11.4. The van der Waals surface area contributed by atoms with Crippen molar-refractivity contribution in [2.75, 3.05) is 20.3 Å². The van der Waals surface area contributed by atoms with Gasteiger partial charge >= 0.3 is 12.0 Å². The first-order valence-corrected chi connectivity index (χ1v) is 16.2. The van der Waals surface area contributed by atoms with Gasteiger partial charge in [0, 0.05) is 5.70 Å². The highest BCUT2D eigenvalue weighted by atomic mass is 79.9. The van der Waals surface area contributed by atoms with Gasteiger partial charge in [0.05, 0.1) is 41.0 Å². The van der Waals surface area contributed by atoms with Crippen LogP contribution in [0.25, 0.3) is 10.8 Å². The van der Waals surface area contributed by atoms with Crippen LogP contribution in [0.1, 0.15) is 36.6 Å². The summed E-state index contributed by atoms with van der Waals surface area (Å²) >= 11 is 10.1. The molecular weight excluding hydrogens is 704 g/mol. The third-order valence-electron chi connectivity index (χ3n) is 7.33. The number of fused-ring (bicyclic) bond motifs is 1. The molecule has 2 atom stereocenters. The summed E-state index contributed by atoms with van der Waals surface area (Å²) < 4.78 is 23.2. The average Bonchev–Trinajstić information content (AvgIpc) is 3.06. The summed E-state index contributed by atoms with van der Waals surface area (Å²) in [6.07, 6.45) is 0.342. The monoisotopic (exact) mass is 736 g/mol. The molecule has 1 aliphatic rings. The molecule has 0 bridgehead atoms. The molecule has 0 aliphatic carbocycles. The summed E-state index contributed by atoms with van der Waals surface area (Å²) in [5.41, 5.74) is 5.54. The van der Waals surface area contributed by atoms with E-state index in [1.165, 1.54) is 13.3 Å². The van der Waals surface area contributed by atoms with Gasteiger partial charge in [0.2, 0.25) is 0 Å². The maximum absolute atomic E-state index is 12.5. The number of carbonyl (C=O) groups excluding carboxylic acids is 2. The van der Waals surface area contributed by atoms with E-state index in [1.54, 1.807) is 37.3 Å². The minimum Gasteiger partial charge on any atom is -0.490 e. The molecule has 0 saturated heterocycles. The Balaban J connectivity index is 1.18. The average molecular weight is 738 g/mol. The fraction of sp³-hybridized carbons (Fsp3) is 0.229. The lowest BCUT2D eigenvalue weighted by Crippen LogP contribution is -2.45. The van der Waals surface area contributed by atoms with Gasteiger partial charge in [0.1, 0.15) is 13.2 Å². The van der Waals surface area contributed by atoms with Gasteiger partial charge in [-0.1, -0.05) is 54.1 Å². The maximum atomic E-state index is 12.5. The van der Waals surface area contributed by atoms with Crippen LogP contribution in [0.3, 0.4) is 0 Å². The number of nitrogens with zero attached hydrogens (tertiary/aromatic N) is 1. The number of esters is 1. The Morgan fingerprint density at radius 3 is 2.60 bits per heavy atom. The van der Waals surface area contributed by atoms with Crippen LogP contribution in [0, 0.1) is 0 Å². The molecular formula is C35H34BrClN4O7. The predicted octanol–water partition coefficient (Wildman–Crippen LogP) is 6.36. The van der Waals surface area contributed by atoms with Gasteiger partial charge in [-0.2, -0.15) is 5.10 Å². The number of amides is 2. The highest BCUT2D eigenvalue weighted by Gasteiger charge is 2.32.